The van der Waals surface area contributed by atoms with Crippen LogP contribution in [0.15, 0.2) is 48.7 Å². The van der Waals surface area contributed by atoms with Crippen molar-refractivity contribution in [2.75, 3.05) is 5.32 Å². The quantitative estimate of drug-likeness (QED) is 0.628. The van der Waals surface area contributed by atoms with Gasteiger partial charge in [-0.05, 0) is 41.8 Å². The Morgan fingerprint density at radius 2 is 2.00 bits per heavy atom. The van der Waals surface area contributed by atoms with Crippen LogP contribution in [0, 0.1) is 0 Å². The van der Waals surface area contributed by atoms with Gasteiger partial charge in [-0.3, -0.25) is 4.79 Å². The summed E-state index contributed by atoms with van der Waals surface area (Å²) >= 11 is 5.84. The molecule has 3 aromatic rings. The van der Waals surface area contributed by atoms with Crippen LogP contribution in [-0.2, 0) is 0 Å². The van der Waals surface area contributed by atoms with Crippen molar-refractivity contribution in [1.82, 2.24) is 4.98 Å². The molecule has 3 N–H and O–H groups in total. The second-order valence-electron chi connectivity index (χ2n) is 4.40. The van der Waals surface area contributed by atoms with E-state index < -0.39 is 0 Å². The van der Waals surface area contributed by atoms with Gasteiger partial charge in [0.1, 0.15) is 5.75 Å². The number of benzene rings is 2. The summed E-state index contributed by atoms with van der Waals surface area (Å²) in [6.07, 6.45) is 1.81. The molecule has 100 valence electrons. The van der Waals surface area contributed by atoms with E-state index in [1.807, 2.05) is 18.3 Å². The van der Waals surface area contributed by atoms with Crippen LogP contribution in [0.1, 0.15) is 10.4 Å². The van der Waals surface area contributed by atoms with Gasteiger partial charge in [0.05, 0.1) is 5.69 Å². The van der Waals surface area contributed by atoms with E-state index in [1.54, 1.807) is 18.2 Å². The number of hydrogen-bond donors (Lipinski definition) is 3. The first kappa shape index (κ1) is 12.6. The molecule has 0 aliphatic carbocycles. The molecular weight excluding hydrogens is 276 g/mol. The van der Waals surface area contributed by atoms with Crippen LogP contribution in [0.5, 0.6) is 5.75 Å². The highest BCUT2D eigenvalue weighted by Gasteiger charge is 2.10. The predicted octanol–water partition coefficient (Wildman–Crippen LogP) is 3.78. The van der Waals surface area contributed by atoms with Gasteiger partial charge < -0.3 is 15.4 Å². The zero-order valence-corrected chi connectivity index (χ0v) is 11.1. The van der Waals surface area contributed by atoms with Crippen LogP contribution >= 0.6 is 11.6 Å². The van der Waals surface area contributed by atoms with Crippen molar-refractivity contribution in [1.29, 1.82) is 0 Å². The molecule has 4 nitrogen and oxygen atoms in total. The zero-order chi connectivity index (χ0) is 14.1. The van der Waals surface area contributed by atoms with Crippen molar-refractivity contribution >= 4 is 34.1 Å². The van der Waals surface area contributed by atoms with Crippen molar-refractivity contribution in [3.8, 4) is 5.75 Å². The number of fused-ring (bicyclic) bond motifs is 1. The largest absolute Gasteiger partial charge is 0.506 e. The molecule has 0 radical (unpaired) electrons. The summed E-state index contributed by atoms with van der Waals surface area (Å²) in [5.74, 6) is -0.331. The Morgan fingerprint density at radius 1 is 1.15 bits per heavy atom. The number of aromatic amines is 1. The van der Waals surface area contributed by atoms with E-state index in [0.29, 0.717) is 10.6 Å². The number of amides is 1. The van der Waals surface area contributed by atoms with Gasteiger partial charge >= 0.3 is 0 Å². The summed E-state index contributed by atoms with van der Waals surface area (Å²) in [4.78, 5) is 15.2. The Kier molecular flexibility index (Phi) is 3.08. The first-order valence-corrected chi connectivity index (χ1v) is 6.38. The third kappa shape index (κ3) is 2.33. The maximum absolute atomic E-state index is 12.2. The lowest BCUT2D eigenvalue weighted by atomic mass is 10.1. The summed E-state index contributed by atoms with van der Waals surface area (Å²) in [5.41, 5.74) is 1.67. The molecule has 0 saturated carbocycles. The monoisotopic (exact) mass is 286 g/mol. The molecule has 0 spiro atoms. The molecule has 0 aliphatic rings. The highest BCUT2D eigenvalue weighted by Crippen LogP contribution is 2.27. The van der Waals surface area contributed by atoms with E-state index in [-0.39, 0.29) is 17.3 Å². The van der Waals surface area contributed by atoms with E-state index in [2.05, 4.69) is 10.3 Å². The number of phenolic OH excluding ortho intramolecular Hbond substituents is 1. The molecule has 1 amide bonds. The maximum atomic E-state index is 12.2. The number of nitrogens with one attached hydrogen (secondary N) is 2. The Balaban J connectivity index is 1.90. The van der Waals surface area contributed by atoms with E-state index in [1.165, 1.54) is 12.1 Å². The summed E-state index contributed by atoms with van der Waals surface area (Å²) in [7, 11) is 0. The van der Waals surface area contributed by atoms with Gasteiger partial charge in [0.2, 0.25) is 0 Å². The molecule has 20 heavy (non-hydrogen) atoms. The number of H-pyrrole nitrogens is 1. The highest BCUT2D eigenvalue weighted by molar-refractivity contribution is 6.31. The Labute approximate surface area is 120 Å². The Morgan fingerprint density at radius 3 is 2.85 bits per heavy atom. The summed E-state index contributed by atoms with van der Waals surface area (Å²) in [6, 6.07) is 11.8. The Hall–Kier alpha value is -2.46. The molecule has 3 rings (SSSR count). The van der Waals surface area contributed by atoms with Crippen molar-refractivity contribution in [2.24, 2.45) is 0 Å². The van der Waals surface area contributed by atoms with Crippen molar-refractivity contribution in [3.63, 3.8) is 0 Å². The van der Waals surface area contributed by atoms with Crippen LogP contribution in [0.3, 0.4) is 0 Å². The number of phenols is 1. The van der Waals surface area contributed by atoms with E-state index >= 15 is 0 Å². The number of halogens is 1. The van der Waals surface area contributed by atoms with Crippen LogP contribution in [0.4, 0.5) is 5.69 Å². The maximum Gasteiger partial charge on any atom is 0.255 e. The SMILES string of the molecule is O=C(Nc1cc(Cl)ccc1O)c1ccc2cc[nH]c2c1. The van der Waals surface area contributed by atoms with Crippen molar-refractivity contribution in [2.45, 2.75) is 0 Å². The minimum Gasteiger partial charge on any atom is -0.506 e. The highest BCUT2D eigenvalue weighted by atomic mass is 35.5. The summed E-state index contributed by atoms with van der Waals surface area (Å²) in [5, 5.41) is 13.8. The second-order valence-corrected chi connectivity index (χ2v) is 4.83. The first-order chi connectivity index (χ1) is 9.63. The van der Waals surface area contributed by atoms with Crippen LogP contribution < -0.4 is 5.32 Å². The van der Waals surface area contributed by atoms with Gasteiger partial charge in [-0.2, -0.15) is 0 Å². The van der Waals surface area contributed by atoms with Gasteiger partial charge in [0, 0.05) is 22.3 Å². The lowest BCUT2D eigenvalue weighted by Gasteiger charge is -2.08. The minimum atomic E-state index is -0.306. The lowest BCUT2D eigenvalue weighted by Crippen LogP contribution is -2.11. The number of rotatable bonds is 2. The number of carbonyl (C=O) groups is 1. The van der Waals surface area contributed by atoms with E-state index in [0.717, 1.165) is 10.9 Å². The number of aromatic hydroxyl groups is 1. The predicted molar refractivity (Wildman–Crippen MR) is 79.4 cm³/mol. The molecule has 0 unspecified atom stereocenters. The molecule has 0 saturated heterocycles. The molecule has 1 aromatic heterocycles. The van der Waals surface area contributed by atoms with Crippen LogP contribution in [0.25, 0.3) is 10.9 Å². The van der Waals surface area contributed by atoms with Crippen LogP contribution in [0.2, 0.25) is 5.02 Å². The number of hydrogen-bond acceptors (Lipinski definition) is 2. The van der Waals surface area contributed by atoms with Gasteiger partial charge in [0.15, 0.2) is 0 Å². The van der Waals surface area contributed by atoms with Crippen molar-refractivity contribution < 1.29 is 9.90 Å². The van der Waals surface area contributed by atoms with Gasteiger partial charge in [0.25, 0.3) is 5.91 Å². The Bertz CT molecular complexity index is 795. The third-order valence-corrected chi connectivity index (χ3v) is 3.26. The topological polar surface area (TPSA) is 65.1 Å². The summed E-state index contributed by atoms with van der Waals surface area (Å²) in [6.45, 7) is 0. The molecule has 0 atom stereocenters. The third-order valence-electron chi connectivity index (χ3n) is 3.02. The molecular formula is C15H11ClN2O2. The number of carbonyl (C=O) groups excluding carboxylic acids is 1. The standard InChI is InChI=1S/C15H11ClN2O2/c16-11-3-4-14(19)13(8-11)18-15(20)10-2-1-9-5-6-17-12(9)7-10/h1-8,17,19H,(H,18,20). The normalized spacial score (nSPS) is 10.7. The summed E-state index contributed by atoms with van der Waals surface area (Å²) < 4.78 is 0. The second kappa shape index (κ2) is 4.90. The molecule has 2 aromatic carbocycles. The van der Waals surface area contributed by atoms with Gasteiger partial charge in [-0.15, -0.1) is 0 Å². The molecule has 0 aliphatic heterocycles. The minimum absolute atomic E-state index is 0.0244. The fourth-order valence-electron chi connectivity index (χ4n) is 1.99. The van der Waals surface area contributed by atoms with Gasteiger partial charge in [-0.1, -0.05) is 17.7 Å². The molecule has 0 fully saturated rings. The molecule has 0 bridgehead atoms. The molecule has 1 heterocycles. The van der Waals surface area contributed by atoms with Crippen LogP contribution in [-0.4, -0.2) is 16.0 Å². The lowest BCUT2D eigenvalue weighted by molar-refractivity contribution is 0.102. The number of anilines is 1. The average molecular weight is 287 g/mol. The zero-order valence-electron chi connectivity index (χ0n) is 10.4. The van der Waals surface area contributed by atoms with Crippen molar-refractivity contribution in [3.05, 3.63) is 59.2 Å². The van der Waals surface area contributed by atoms with E-state index in [4.69, 9.17) is 11.6 Å². The fraction of sp³-hybridized carbons (Fsp3) is 0. The van der Waals surface area contributed by atoms with E-state index in [9.17, 15) is 9.90 Å². The first-order valence-electron chi connectivity index (χ1n) is 6.00. The fourth-order valence-corrected chi connectivity index (χ4v) is 2.16. The smallest absolute Gasteiger partial charge is 0.255 e. The molecule has 5 heteroatoms. The average Bonchev–Trinajstić information content (AvgIpc) is 2.90. The van der Waals surface area contributed by atoms with Gasteiger partial charge in [-0.25, -0.2) is 0 Å². The number of aromatic nitrogens is 1.